The molecule has 0 bridgehead atoms. The van der Waals surface area contributed by atoms with Gasteiger partial charge in [0.15, 0.2) is 0 Å². The van der Waals surface area contributed by atoms with E-state index in [9.17, 15) is 0 Å². The quantitative estimate of drug-likeness (QED) is 0.500. The van der Waals surface area contributed by atoms with Gasteiger partial charge in [0.2, 0.25) is 0 Å². The van der Waals surface area contributed by atoms with Gasteiger partial charge in [0.25, 0.3) is 0 Å². The highest BCUT2D eigenvalue weighted by atomic mass is 79.9. The van der Waals surface area contributed by atoms with Gasteiger partial charge in [-0.1, -0.05) is 68.3 Å². The fraction of sp³-hybridized carbons (Fsp3) is 0.182. The molecule has 0 saturated carbocycles. The van der Waals surface area contributed by atoms with Gasteiger partial charge in [-0.15, -0.1) is 0 Å². The van der Waals surface area contributed by atoms with E-state index in [-0.39, 0.29) is 6.04 Å². The van der Waals surface area contributed by atoms with E-state index in [0.717, 1.165) is 27.7 Å². The summed E-state index contributed by atoms with van der Waals surface area (Å²) >= 11 is 7.29. The fourth-order valence-electron chi connectivity index (χ4n) is 3.39. The van der Waals surface area contributed by atoms with Crippen LogP contribution >= 0.6 is 31.9 Å². The second kappa shape index (κ2) is 7.95. The third kappa shape index (κ3) is 3.88. The molecule has 1 N–H and O–H groups in total. The molecule has 0 radical (unpaired) electrons. The molecule has 1 unspecified atom stereocenters. The van der Waals surface area contributed by atoms with Crippen molar-refractivity contribution < 1.29 is 4.74 Å². The molecule has 1 aliphatic rings. The van der Waals surface area contributed by atoms with E-state index in [1.807, 2.05) is 18.2 Å². The lowest BCUT2D eigenvalue weighted by atomic mass is 9.90. The Morgan fingerprint density at radius 1 is 0.923 bits per heavy atom. The highest BCUT2D eigenvalue weighted by Gasteiger charge is 2.23. The Morgan fingerprint density at radius 2 is 1.77 bits per heavy atom. The number of benzene rings is 3. The minimum absolute atomic E-state index is 0.189. The summed E-state index contributed by atoms with van der Waals surface area (Å²) in [6.07, 6.45) is 1.01. The number of ether oxygens (including phenoxy) is 1. The molecule has 26 heavy (non-hydrogen) atoms. The summed E-state index contributed by atoms with van der Waals surface area (Å²) in [5.41, 5.74) is 5.11. The maximum atomic E-state index is 6.00. The van der Waals surface area contributed by atoms with Crippen LogP contribution in [0.4, 0.5) is 0 Å². The smallest absolute Gasteiger partial charge is 0.120 e. The van der Waals surface area contributed by atoms with E-state index in [1.54, 1.807) is 0 Å². The Balaban J connectivity index is 1.58. The molecule has 1 heterocycles. The number of halogens is 2. The first kappa shape index (κ1) is 17.8. The van der Waals surface area contributed by atoms with Crippen molar-refractivity contribution in [2.24, 2.45) is 0 Å². The first-order valence-electron chi connectivity index (χ1n) is 8.68. The molecule has 0 aliphatic carbocycles. The summed E-state index contributed by atoms with van der Waals surface area (Å²) in [4.78, 5) is 0. The van der Waals surface area contributed by atoms with Crippen molar-refractivity contribution in [1.29, 1.82) is 0 Å². The van der Waals surface area contributed by atoms with Gasteiger partial charge in [-0.05, 0) is 59.0 Å². The van der Waals surface area contributed by atoms with Gasteiger partial charge in [-0.25, -0.2) is 0 Å². The summed E-state index contributed by atoms with van der Waals surface area (Å²) in [6.45, 7) is 1.55. The van der Waals surface area contributed by atoms with Crippen molar-refractivity contribution in [3.8, 4) is 5.75 Å². The average molecular weight is 473 g/mol. The van der Waals surface area contributed by atoms with E-state index >= 15 is 0 Å². The van der Waals surface area contributed by atoms with Crippen molar-refractivity contribution in [2.45, 2.75) is 19.1 Å². The van der Waals surface area contributed by atoms with Crippen molar-refractivity contribution in [2.75, 3.05) is 6.54 Å². The topological polar surface area (TPSA) is 21.3 Å². The molecule has 0 amide bonds. The largest absolute Gasteiger partial charge is 0.489 e. The van der Waals surface area contributed by atoms with Gasteiger partial charge in [0.1, 0.15) is 12.4 Å². The standard InChI is InChI=1S/C22H19Br2NO/c23-17-6-9-21(24)20(13-17)22-19-8-7-18(12-16(19)10-11-25-22)26-14-15-4-2-1-3-5-15/h1-9,12-13,22,25H,10-11,14H2. The molecule has 3 aromatic carbocycles. The van der Waals surface area contributed by atoms with Crippen LogP contribution in [0.5, 0.6) is 5.75 Å². The lowest BCUT2D eigenvalue weighted by Gasteiger charge is -2.28. The zero-order valence-corrected chi connectivity index (χ0v) is 17.4. The highest BCUT2D eigenvalue weighted by molar-refractivity contribution is 9.11. The van der Waals surface area contributed by atoms with Crippen LogP contribution < -0.4 is 10.1 Å². The monoisotopic (exact) mass is 471 g/mol. The molecule has 0 fully saturated rings. The van der Waals surface area contributed by atoms with Crippen molar-refractivity contribution >= 4 is 31.9 Å². The van der Waals surface area contributed by atoms with Crippen molar-refractivity contribution in [1.82, 2.24) is 5.32 Å². The first-order valence-corrected chi connectivity index (χ1v) is 10.3. The summed E-state index contributed by atoms with van der Waals surface area (Å²) in [5, 5.41) is 3.65. The van der Waals surface area contributed by atoms with Crippen LogP contribution in [0.1, 0.15) is 28.3 Å². The molecule has 0 aromatic heterocycles. The number of fused-ring (bicyclic) bond motifs is 1. The second-order valence-electron chi connectivity index (χ2n) is 6.44. The Bertz CT molecular complexity index is 911. The predicted octanol–water partition coefficient (Wildman–Crippen LogP) is 6.03. The van der Waals surface area contributed by atoms with Crippen molar-refractivity contribution in [3.63, 3.8) is 0 Å². The average Bonchev–Trinajstić information content (AvgIpc) is 2.68. The van der Waals surface area contributed by atoms with E-state index in [2.05, 4.69) is 85.7 Å². The molecular formula is C22H19Br2NO. The van der Waals surface area contributed by atoms with Gasteiger partial charge in [0, 0.05) is 15.5 Å². The fourth-order valence-corrected chi connectivity index (χ4v) is 4.24. The Labute approximate surface area is 170 Å². The molecule has 3 aromatic rings. The van der Waals surface area contributed by atoms with Crippen LogP contribution in [0.2, 0.25) is 0 Å². The summed E-state index contributed by atoms with van der Waals surface area (Å²) in [7, 11) is 0. The van der Waals surface area contributed by atoms with Crippen LogP contribution in [-0.2, 0) is 13.0 Å². The SMILES string of the molecule is Brc1ccc(Br)c(C2NCCc3cc(OCc4ccccc4)ccc32)c1. The van der Waals surface area contributed by atoms with Gasteiger partial charge >= 0.3 is 0 Å². The Morgan fingerprint density at radius 3 is 2.62 bits per heavy atom. The molecule has 0 saturated heterocycles. The molecule has 4 rings (SSSR count). The zero-order chi connectivity index (χ0) is 17.9. The van der Waals surface area contributed by atoms with E-state index in [1.165, 1.54) is 22.3 Å². The van der Waals surface area contributed by atoms with Crippen LogP contribution in [0, 0.1) is 0 Å². The number of rotatable bonds is 4. The minimum atomic E-state index is 0.189. The molecular weight excluding hydrogens is 454 g/mol. The van der Waals surface area contributed by atoms with Crippen LogP contribution in [-0.4, -0.2) is 6.54 Å². The number of nitrogens with one attached hydrogen (secondary N) is 1. The van der Waals surface area contributed by atoms with Gasteiger partial charge in [-0.3, -0.25) is 0 Å². The molecule has 1 atom stereocenters. The molecule has 132 valence electrons. The molecule has 0 spiro atoms. The zero-order valence-electron chi connectivity index (χ0n) is 14.2. The normalized spacial score (nSPS) is 16.2. The van der Waals surface area contributed by atoms with Gasteiger partial charge in [0.05, 0.1) is 6.04 Å². The summed E-state index contributed by atoms with van der Waals surface area (Å²) < 4.78 is 8.22. The van der Waals surface area contributed by atoms with Gasteiger partial charge < -0.3 is 10.1 Å². The lowest BCUT2D eigenvalue weighted by molar-refractivity contribution is 0.305. The molecule has 2 nitrogen and oxygen atoms in total. The third-order valence-electron chi connectivity index (χ3n) is 4.69. The minimum Gasteiger partial charge on any atom is -0.489 e. The van der Waals surface area contributed by atoms with E-state index in [0.29, 0.717) is 6.61 Å². The Hall–Kier alpha value is -1.62. The lowest BCUT2D eigenvalue weighted by Crippen LogP contribution is -2.30. The number of hydrogen-bond acceptors (Lipinski definition) is 2. The van der Waals surface area contributed by atoms with Crippen molar-refractivity contribution in [3.05, 3.63) is 97.9 Å². The van der Waals surface area contributed by atoms with Gasteiger partial charge in [-0.2, -0.15) is 0 Å². The first-order chi connectivity index (χ1) is 12.7. The van der Waals surface area contributed by atoms with E-state index in [4.69, 9.17) is 4.74 Å². The third-order valence-corrected chi connectivity index (χ3v) is 5.90. The van der Waals surface area contributed by atoms with Crippen LogP contribution in [0.15, 0.2) is 75.7 Å². The molecule has 4 heteroatoms. The van der Waals surface area contributed by atoms with Crippen LogP contribution in [0.3, 0.4) is 0 Å². The Kier molecular flexibility index (Phi) is 5.44. The predicted molar refractivity (Wildman–Crippen MR) is 113 cm³/mol. The summed E-state index contributed by atoms with van der Waals surface area (Å²) in [5.74, 6) is 0.932. The van der Waals surface area contributed by atoms with E-state index < -0.39 is 0 Å². The maximum absolute atomic E-state index is 6.00. The summed E-state index contributed by atoms with van der Waals surface area (Å²) in [6, 6.07) is 23.2. The van der Waals surface area contributed by atoms with Crippen LogP contribution in [0.25, 0.3) is 0 Å². The maximum Gasteiger partial charge on any atom is 0.120 e. The second-order valence-corrected chi connectivity index (χ2v) is 8.21. The highest BCUT2D eigenvalue weighted by Crippen LogP contribution is 2.35. The number of hydrogen-bond donors (Lipinski definition) is 1. The molecule has 1 aliphatic heterocycles.